The number of hydrogen-bond donors (Lipinski definition) is 0. The van der Waals surface area contributed by atoms with Gasteiger partial charge in [0.2, 0.25) is 0 Å². The zero-order valence-corrected chi connectivity index (χ0v) is 14.1. The Balaban J connectivity index is 1.82. The van der Waals surface area contributed by atoms with Gasteiger partial charge in [0.25, 0.3) is 0 Å². The molecule has 1 aliphatic rings. The average Bonchev–Trinajstić information content (AvgIpc) is 3.02. The van der Waals surface area contributed by atoms with Gasteiger partial charge in [0, 0.05) is 24.0 Å². The van der Waals surface area contributed by atoms with Crippen molar-refractivity contribution in [1.29, 1.82) is 0 Å². The molecular formula is C19H15ClF3NO. The van der Waals surface area contributed by atoms with Gasteiger partial charge in [0.05, 0.1) is 10.6 Å². The van der Waals surface area contributed by atoms with Crippen molar-refractivity contribution >= 4 is 17.7 Å². The fourth-order valence-corrected chi connectivity index (χ4v) is 2.67. The zero-order valence-electron chi connectivity index (χ0n) is 13.3. The van der Waals surface area contributed by atoms with E-state index in [1.165, 1.54) is 12.1 Å². The monoisotopic (exact) mass is 365 g/mol. The summed E-state index contributed by atoms with van der Waals surface area (Å²) in [5.41, 5.74) is -0.551. The maximum atomic E-state index is 13.0. The molecule has 0 radical (unpaired) electrons. The molecule has 0 spiro atoms. The lowest BCUT2D eigenvalue weighted by Crippen LogP contribution is -2.21. The summed E-state index contributed by atoms with van der Waals surface area (Å²) < 4.78 is 44.5. The Morgan fingerprint density at radius 3 is 2.68 bits per heavy atom. The molecule has 0 saturated heterocycles. The van der Waals surface area contributed by atoms with Crippen LogP contribution < -0.4 is 0 Å². The minimum atomic E-state index is -4.51. The molecule has 2 nitrogen and oxygen atoms in total. The smallest absolute Gasteiger partial charge is 0.417 e. The Morgan fingerprint density at radius 1 is 1.16 bits per heavy atom. The summed E-state index contributed by atoms with van der Waals surface area (Å²) in [6, 6.07) is 7.30. The molecule has 2 heterocycles. The van der Waals surface area contributed by atoms with Crippen molar-refractivity contribution in [2.24, 2.45) is 0 Å². The predicted molar refractivity (Wildman–Crippen MR) is 92.8 cm³/mol. The summed E-state index contributed by atoms with van der Waals surface area (Å²) in [4.78, 5) is 1.99. The summed E-state index contributed by atoms with van der Waals surface area (Å²) in [6.45, 7) is 2.05. The molecule has 1 unspecified atom stereocenters. The lowest BCUT2D eigenvalue weighted by molar-refractivity contribution is -0.137. The van der Waals surface area contributed by atoms with Crippen molar-refractivity contribution in [2.75, 3.05) is 0 Å². The van der Waals surface area contributed by atoms with Gasteiger partial charge in [-0.25, -0.2) is 0 Å². The van der Waals surface area contributed by atoms with Crippen molar-refractivity contribution in [3.8, 4) is 11.3 Å². The third kappa shape index (κ3) is 3.99. The van der Waals surface area contributed by atoms with Gasteiger partial charge in [-0.05, 0) is 49.4 Å². The van der Waals surface area contributed by atoms with Crippen LogP contribution in [-0.4, -0.2) is 10.9 Å². The first-order chi connectivity index (χ1) is 11.8. The molecule has 130 valence electrons. The summed E-state index contributed by atoms with van der Waals surface area (Å²) in [7, 11) is 0. The number of rotatable bonds is 3. The van der Waals surface area contributed by atoms with Crippen LogP contribution in [0, 0.1) is 0 Å². The maximum absolute atomic E-state index is 13.0. The lowest BCUT2D eigenvalue weighted by atomic mass is 10.1. The highest BCUT2D eigenvalue weighted by Crippen LogP contribution is 2.37. The van der Waals surface area contributed by atoms with Crippen LogP contribution in [0.1, 0.15) is 18.2 Å². The van der Waals surface area contributed by atoms with Gasteiger partial charge in [-0.15, -0.1) is 0 Å². The summed E-state index contributed by atoms with van der Waals surface area (Å²) >= 11 is 5.64. The molecule has 0 amide bonds. The van der Waals surface area contributed by atoms with E-state index in [2.05, 4.69) is 0 Å². The van der Waals surface area contributed by atoms with Gasteiger partial charge in [0.15, 0.2) is 0 Å². The molecule has 1 atom stereocenters. The molecule has 1 aromatic heterocycles. The highest BCUT2D eigenvalue weighted by Gasteiger charge is 2.33. The Morgan fingerprint density at radius 2 is 1.96 bits per heavy atom. The molecule has 1 aliphatic heterocycles. The molecule has 0 saturated carbocycles. The van der Waals surface area contributed by atoms with E-state index in [0.717, 1.165) is 6.07 Å². The number of allylic oxidation sites excluding steroid dienone is 2. The first-order valence-corrected chi connectivity index (χ1v) is 8.00. The highest BCUT2D eigenvalue weighted by atomic mass is 35.5. The van der Waals surface area contributed by atoms with Crippen LogP contribution in [0.15, 0.2) is 65.4 Å². The van der Waals surface area contributed by atoms with E-state index in [9.17, 15) is 13.2 Å². The fraction of sp³-hybridized carbons (Fsp3) is 0.158. The highest BCUT2D eigenvalue weighted by molar-refractivity contribution is 6.31. The van der Waals surface area contributed by atoms with Crippen molar-refractivity contribution in [3.63, 3.8) is 0 Å². The van der Waals surface area contributed by atoms with Crippen LogP contribution in [0.3, 0.4) is 0 Å². The number of furan rings is 1. The number of alkyl halides is 3. The first kappa shape index (κ1) is 17.4. The minimum Gasteiger partial charge on any atom is -0.457 e. The largest absolute Gasteiger partial charge is 0.457 e. The molecule has 0 fully saturated rings. The molecular weight excluding hydrogens is 351 g/mol. The lowest BCUT2D eigenvalue weighted by Gasteiger charge is -2.23. The number of benzene rings is 1. The third-order valence-corrected chi connectivity index (χ3v) is 4.15. The fourth-order valence-electron chi connectivity index (χ4n) is 2.45. The van der Waals surface area contributed by atoms with Crippen LogP contribution in [-0.2, 0) is 6.18 Å². The molecule has 3 rings (SSSR count). The van der Waals surface area contributed by atoms with Crippen LogP contribution in [0.2, 0.25) is 5.02 Å². The molecule has 6 heteroatoms. The Bertz CT molecular complexity index is 849. The second kappa shape index (κ2) is 6.84. The van der Waals surface area contributed by atoms with E-state index in [0.29, 0.717) is 17.1 Å². The van der Waals surface area contributed by atoms with E-state index in [1.807, 2.05) is 42.5 Å². The van der Waals surface area contributed by atoms with E-state index < -0.39 is 11.7 Å². The van der Waals surface area contributed by atoms with E-state index in [4.69, 9.17) is 16.0 Å². The Labute approximate surface area is 148 Å². The van der Waals surface area contributed by atoms with Gasteiger partial charge >= 0.3 is 6.18 Å². The molecule has 25 heavy (non-hydrogen) atoms. The Hall–Kier alpha value is -2.40. The van der Waals surface area contributed by atoms with Crippen molar-refractivity contribution in [2.45, 2.75) is 19.1 Å². The summed E-state index contributed by atoms with van der Waals surface area (Å²) in [5, 5.41) is -0.332. The second-order valence-corrected chi connectivity index (χ2v) is 6.03. The standard InChI is InChI=1S/C19H15ClF3NO/c1-13-4-2-3-10-24(13)11-9-15-6-8-18(25-15)14-5-7-17(20)16(12-14)19(21,22)23/h2-13H,1H3/b11-9+. The van der Waals surface area contributed by atoms with E-state index in [-0.39, 0.29) is 11.1 Å². The normalized spacial score (nSPS) is 17.6. The molecule has 0 bridgehead atoms. The topological polar surface area (TPSA) is 16.4 Å². The van der Waals surface area contributed by atoms with E-state index in [1.54, 1.807) is 18.2 Å². The van der Waals surface area contributed by atoms with Gasteiger partial charge in [0.1, 0.15) is 11.5 Å². The van der Waals surface area contributed by atoms with Gasteiger partial charge in [-0.1, -0.05) is 23.8 Å². The quantitative estimate of drug-likeness (QED) is 0.629. The van der Waals surface area contributed by atoms with Crippen LogP contribution >= 0.6 is 11.6 Å². The minimum absolute atomic E-state index is 0.223. The number of nitrogens with zero attached hydrogens (tertiary/aromatic N) is 1. The van der Waals surface area contributed by atoms with Crippen molar-refractivity contribution < 1.29 is 17.6 Å². The summed E-state index contributed by atoms with van der Waals surface area (Å²) in [5.74, 6) is 0.901. The zero-order chi connectivity index (χ0) is 18.0. The second-order valence-electron chi connectivity index (χ2n) is 5.62. The van der Waals surface area contributed by atoms with Gasteiger partial charge in [-0.2, -0.15) is 13.2 Å². The maximum Gasteiger partial charge on any atom is 0.417 e. The van der Waals surface area contributed by atoms with Crippen molar-refractivity contribution in [3.05, 3.63) is 77.3 Å². The van der Waals surface area contributed by atoms with Crippen LogP contribution in [0.25, 0.3) is 17.4 Å². The van der Waals surface area contributed by atoms with E-state index >= 15 is 0 Å². The number of halogens is 4. The first-order valence-electron chi connectivity index (χ1n) is 7.62. The van der Waals surface area contributed by atoms with Crippen LogP contribution in [0.5, 0.6) is 0 Å². The predicted octanol–water partition coefficient (Wildman–Crippen LogP) is 6.36. The van der Waals surface area contributed by atoms with Gasteiger partial charge < -0.3 is 9.32 Å². The Kier molecular flexibility index (Phi) is 4.77. The van der Waals surface area contributed by atoms with Gasteiger partial charge in [-0.3, -0.25) is 0 Å². The van der Waals surface area contributed by atoms with Crippen molar-refractivity contribution in [1.82, 2.24) is 4.90 Å². The summed E-state index contributed by atoms with van der Waals surface area (Å²) in [6.07, 6.45) is 6.99. The average molecular weight is 366 g/mol. The molecule has 0 N–H and O–H groups in total. The third-order valence-electron chi connectivity index (χ3n) is 3.82. The molecule has 2 aromatic rings. The molecule has 1 aromatic carbocycles. The number of hydrogen-bond acceptors (Lipinski definition) is 2. The SMILES string of the molecule is CC1C=CC=CN1/C=C/c1ccc(-c2ccc(Cl)c(C(F)(F)F)c2)o1. The molecule has 0 aliphatic carbocycles. The van der Waals surface area contributed by atoms with Crippen LogP contribution in [0.4, 0.5) is 13.2 Å².